The summed E-state index contributed by atoms with van der Waals surface area (Å²) in [6, 6.07) is 8.28. The van der Waals surface area contributed by atoms with Crippen molar-refractivity contribution >= 4 is 10.9 Å². The smallest absolute Gasteiger partial charge is 0.0456 e. The van der Waals surface area contributed by atoms with Gasteiger partial charge in [0, 0.05) is 24.1 Å². The van der Waals surface area contributed by atoms with E-state index in [9.17, 15) is 0 Å². The van der Waals surface area contributed by atoms with Gasteiger partial charge in [0.25, 0.3) is 0 Å². The minimum absolute atomic E-state index is 0.807. The van der Waals surface area contributed by atoms with Crippen LogP contribution in [-0.2, 0) is 6.42 Å². The number of para-hydroxylation sites is 1. The Morgan fingerprint density at radius 3 is 3.00 bits per heavy atom. The first-order valence-electron chi connectivity index (χ1n) is 4.40. The summed E-state index contributed by atoms with van der Waals surface area (Å²) < 4.78 is 0. The largest absolute Gasteiger partial charge is 0.361 e. The number of hydrogen-bond donors (Lipinski definition) is 2. The van der Waals surface area contributed by atoms with Crippen LogP contribution in [0.3, 0.4) is 0 Å². The Morgan fingerprint density at radius 1 is 1.31 bits per heavy atom. The molecule has 1 aromatic carbocycles. The van der Waals surface area contributed by atoms with Gasteiger partial charge in [0.1, 0.15) is 0 Å². The zero-order valence-corrected chi connectivity index (χ0v) is 7.38. The summed E-state index contributed by atoms with van der Waals surface area (Å²) >= 11 is 0. The topological polar surface area (TPSA) is 27.8 Å². The molecule has 0 amide bonds. The van der Waals surface area contributed by atoms with Crippen molar-refractivity contribution in [2.75, 3.05) is 6.54 Å². The fraction of sp³-hybridized carbons (Fsp3) is 0.182. The van der Waals surface area contributed by atoms with Crippen LogP contribution in [0.4, 0.5) is 0 Å². The van der Waals surface area contributed by atoms with Gasteiger partial charge < -0.3 is 10.3 Å². The van der Waals surface area contributed by atoms with E-state index in [1.54, 1.807) is 0 Å². The van der Waals surface area contributed by atoms with E-state index < -0.39 is 0 Å². The maximum Gasteiger partial charge on any atom is 0.0456 e. The molecule has 0 atom stereocenters. The Hall–Kier alpha value is -1.28. The zero-order valence-electron chi connectivity index (χ0n) is 7.38. The van der Waals surface area contributed by atoms with Crippen LogP contribution in [0.25, 0.3) is 10.9 Å². The molecule has 0 saturated carbocycles. The van der Waals surface area contributed by atoms with Crippen LogP contribution in [0.15, 0.2) is 30.5 Å². The normalized spacial score (nSPS) is 10.8. The van der Waals surface area contributed by atoms with Gasteiger partial charge in [-0.1, -0.05) is 18.2 Å². The van der Waals surface area contributed by atoms with Crippen LogP contribution in [0, 0.1) is 7.05 Å². The molecule has 0 unspecified atom stereocenters. The van der Waals surface area contributed by atoms with Gasteiger partial charge in [0.2, 0.25) is 0 Å². The molecule has 2 rings (SSSR count). The first-order valence-corrected chi connectivity index (χ1v) is 4.40. The third kappa shape index (κ3) is 1.58. The number of rotatable bonds is 3. The summed E-state index contributed by atoms with van der Waals surface area (Å²) in [4.78, 5) is 3.23. The van der Waals surface area contributed by atoms with Crippen LogP contribution < -0.4 is 5.32 Å². The lowest BCUT2D eigenvalue weighted by molar-refractivity contribution is 0.833. The average molecular weight is 172 g/mol. The summed E-state index contributed by atoms with van der Waals surface area (Å²) in [5.41, 5.74) is 2.50. The van der Waals surface area contributed by atoms with Crippen LogP contribution >= 0.6 is 0 Å². The molecule has 2 aromatic rings. The molecule has 0 aliphatic carbocycles. The molecule has 2 nitrogen and oxygen atoms in total. The highest BCUT2D eigenvalue weighted by Gasteiger charge is 2.00. The number of aromatic amines is 1. The van der Waals surface area contributed by atoms with E-state index in [2.05, 4.69) is 28.5 Å². The Morgan fingerprint density at radius 2 is 2.15 bits per heavy atom. The van der Waals surface area contributed by atoms with Crippen molar-refractivity contribution in [2.24, 2.45) is 0 Å². The van der Waals surface area contributed by atoms with Gasteiger partial charge in [0.05, 0.1) is 0 Å². The quantitative estimate of drug-likeness (QED) is 0.681. The molecule has 0 aliphatic rings. The summed E-state index contributed by atoms with van der Waals surface area (Å²) in [5, 5.41) is 3.95. The summed E-state index contributed by atoms with van der Waals surface area (Å²) in [6.07, 6.45) is 3.00. The number of fused-ring (bicyclic) bond motifs is 1. The second-order valence-electron chi connectivity index (χ2n) is 3.06. The van der Waals surface area contributed by atoms with Gasteiger partial charge in [-0.3, -0.25) is 0 Å². The maximum absolute atomic E-state index is 5.23. The van der Waals surface area contributed by atoms with E-state index in [4.69, 9.17) is 7.05 Å². The fourth-order valence-corrected chi connectivity index (χ4v) is 1.55. The van der Waals surface area contributed by atoms with Gasteiger partial charge >= 0.3 is 0 Å². The van der Waals surface area contributed by atoms with Gasteiger partial charge in [-0.05, 0) is 24.6 Å². The summed E-state index contributed by atoms with van der Waals surface area (Å²) in [6.45, 7) is 0.807. The van der Waals surface area contributed by atoms with E-state index in [1.165, 1.54) is 16.5 Å². The maximum atomic E-state index is 5.23. The minimum atomic E-state index is 0.807. The van der Waals surface area contributed by atoms with Crippen molar-refractivity contribution < 1.29 is 0 Å². The lowest BCUT2D eigenvalue weighted by Gasteiger charge is -1.97. The van der Waals surface area contributed by atoms with Gasteiger partial charge in [-0.2, -0.15) is 0 Å². The lowest BCUT2D eigenvalue weighted by atomic mass is 10.1. The highest BCUT2D eigenvalue weighted by molar-refractivity contribution is 5.83. The van der Waals surface area contributed by atoms with Gasteiger partial charge in [-0.15, -0.1) is 0 Å². The van der Waals surface area contributed by atoms with Crippen molar-refractivity contribution in [2.45, 2.75) is 6.42 Å². The third-order valence-electron chi connectivity index (χ3n) is 2.21. The summed E-state index contributed by atoms with van der Waals surface area (Å²) in [5.74, 6) is 0. The Bertz CT molecular complexity index is 390. The first kappa shape index (κ1) is 8.32. The molecule has 0 fully saturated rings. The molecule has 1 heterocycles. The third-order valence-corrected chi connectivity index (χ3v) is 2.21. The molecule has 0 spiro atoms. The molecule has 2 N–H and O–H groups in total. The number of benzene rings is 1. The SMILES string of the molecule is [CH]NCCc1c[nH]c2ccccc12. The summed E-state index contributed by atoms with van der Waals surface area (Å²) in [7, 11) is 5.23. The van der Waals surface area contributed by atoms with Gasteiger partial charge in [-0.25, -0.2) is 0 Å². The van der Waals surface area contributed by atoms with Crippen molar-refractivity contribution in [3.8, 4) is 0 Å². The molecule has 0 aliphatic heterocycles. The van der Waals surface area contributed by atoms with Gasteiger partial charge in [0.15, 0.2) is 0 Å². The van der Waals surface area contributed by atoms with Crippen LogP contribution in [0.1, 0.15) is 5.56 Å². The molecular weight excluding hydrogens is 160 g/mol. The van der Waals surface area contributed by atoms with Crippen molar-refractivity contribution in [1.82, 2.24) is 10.3 Å². The molecule has 66 valence electrons. The predicted octanol–water partition coefficient (Wildman–Crippen LogP) is 1.97. The van der Waals surface area contributed by atoms with Crippen molar-refractivity contribution in [1.29, 1.82) is 0 Å². The molecule has 13 heavy (non-hydrogen) atoms. The van der Waals surface area contributed by atoms with Crippen molar-refractivity contribution in [3.63, 3.8) is 0 Å². The minimum Gasteiger partial charge on any atom is -0.361 e. The van der Waals surface area contributed by atoms with Crippen LogP contribution in [0.5, 0.6) is 0 Å². The number of hydrogen-bond acceptors (Lipinski definition) is 1. The number of nitrogens with one attached hydrogen (secondary N) is 2. The monoisotopic (exact) mass is 172 g/mol. The highest BCUT2D eigenvalue weighted by Crippen LogP contribution is 2.17. The molecule has 0 bridgehead atoms. The second-order valence-corrected chi connectivity index (χ2v) is 3.06. The second kappa shape index (κ2) is 3.62. The van der Waals surface area contributed by atoms with Crippen LogP contribution in [-0.4, -0.2) is 11.5 Å². The molecule has 2 heteroatoms. The molecule has 0 saturated heterocycles. The highest BCUT2D eigenvalue weighted by atomic mass is 14.8. The zero-order chi connectivity index (χ0) is 9.10. The van der Waals surface area contributed by atoms with E-state index in [0.717, 1.165) is 13.0 Å². The molecular formula is C11H12N2. The number of aromatic nitrogens is 1. The standard InChI is InChI=1S/C11H12N2/c1-12-7-6-9-8-13-11-5-3-2-4-10(9)11/h1-5,8,12-13H,6-7H2. The van der Waals surface area contributed by atoms with E-state index in [-0.39, 0.29) is 0 Å². The fourth-order valence-electron chi connectivity index (χ4n) is 1.55. The Labute approximate surface area is 78.0 Å². The molecule has 2 radical (unpaired) electrons. The average Bonchev–Trinajstić information content (AvgIpc) is 2.58. The van der Waals surface area contributed by atoms with Crippen LogP contribution in [0.2, 0.25) is 0 Å². The van der Waals surface area contributed by atoms with Crippen molar-refractivity contribution in [3.05, 3.63) is 43.1 Å². The molecule has 1 aromatic heterocycles. The lowest BCUT2D eigenvalue weighted by Crippen LogP contribution is -2.07. The van der Waals surface area contributed by atoms with E-state index >= 15 is 0 Å². The van der Waals surface area contributed by atoms with E-state index in [1.807, 2.05) is 12.3 Å². The first-order chi connectivity index (χ1) is 6.42. The Kier molecular flexibility index (Phi) is 2.32. The number of H-pyrrole nitrogens is 1. The van der Waals surface area contributed by atoms with E-state index in [0.29, 0.717) is 0 Å². The predicted molar refractivity (Wildman–Crippen MR) is 54.3 cm³/mol. The Balaban J connectivity index is 2.35.